The Bertz CT molecular complexity index is 805. The molecule has 1 aromatic carbocycles. The number of para-hydroxylation sites is 1. The van der Waals surface area contributed by atoms with E-state index in [2.05, 4.69) is 20.9 Å². The van der Waals surface area contributed by atoms with Gasteiger partial charge in [0.1, 0.15) is 5.56 Å². The molecule has 20 heavy (non-hydrogen) atoms. The molecule has 0 saturated carbocycles. The zero-order valence-electron chi connectivity index (χ0n) is 10.9. The van der Waals surface area contributed by atoms with Crippen LogP contribution in [0.15, 0.2) is 43.3 Å². The van der Waals surface area contributed by atoms with E-state index in [0.29, 0.717) is 5.69 Å². The van der Waals surface area contributed by atoms with Crippen molar-refractivity contribution in [3.8, 4) is 5.88 Å². The molecule has 0 atom stereocenters. The molecule has 7 heteroatoms. The maximum Gasteiger partial charge on any atom is 0.333 e. The molecule has 0 bridgehead atoms. The third-order valence-electron chi connectivity index (χ3n) is 2.85. The summed E-state index contributed by atoms with van der Waals surface area (Å²) in [6.07, 6.45) is 1.25. The molecule has 0 aliphatic rings. The van der Waals surface area contributed by atoms with E-state index in [0.717, 1.165) is 13.6 Å². The number of aromatic nitrogens is 2. The fourth-order valence-electron chi connectivity index (χ4n) is 1.66. The van der Waals surface area contributed by atoms with E-state index in [1.54, 1.807) is 12.1 Å². The van der Waals surface area contributed by atoms with Crippen LogP contribution in [0.25, 0.3) is 0 Å². The van der Waals surface area contributed by atoms with Crippen LogP contribution in [0, 0.1) is 0 Å². The first kappa shape index (κ1) is 14.3. The maximum atomic E-state index is 12.0. The van der Waals surface area contributed by atoms with Gasteiger partial charge in [-0.3, -0.25) is 18.9 Å². The number of halogens is 1. The van der Waals surface area contributed by atoms with Crippen LogP contribution in [0.2, 0.25) is 0 Å². The minimum Gasteiger partial charge on any atom is -0.494 e. The largest absolute Gasteiger partial charge is 0.494 e. The lowest BCUT2D eigenvalue weighted by Gasteiger charge is -2.07. The molecular formula is C13H12BrN3O3. The molecule has 1 heterocycles. The molecule has 6 nitrogen and oxygen atoms in total. The average Bonchev–Trinajstić information content (AvgIpc) is 2.45. The predicted molar refractivity (Wildman–Crippen MR) is 80.0 cm³/mol. The van der Waals surface area contributed by atoms with Gasteiger partial charge in [-0.05, 0) is 28.1 Å². The first-order valence-corrected chi connectivity index (χ1v) is 6.50. The van der Waals surface area contributed by atoms with Crippen molar-refractivity contribution in [3.63, 3.8) is 0 Å². The van der Waals surface area contributed by atoms with Crippen LogP contribution < -0.4 is 11.2 Å². The van der Waals surface area contributed by atoms with Gasteiger partial charge in [0.25, 0.3) is 5.56 Å². The minimum atomic E-state index is -0.596. The molecule has 0 aliphatic heterocycles. The normalized spacial score (nSPS) is 11.2. The quantitative estimate of drug-likeness (QED) is 0.839. The molecule has 2 rings (SSSR count). The van der Waals surface area contributed by atoms with Crippen LogP contribution in [-0.4, -0.2) is 20.5 Å². The maximum absolute atomic E-state index is 12.0. The highest BCUT2D eigenvalue weighted by atomic mass is 79.9. The topological polar surface area (TPSA) is 76.6 Å². The molecule has 104 valence electrons. The summed E-state index contributed by atoms with van der Waals surface area (Å²) >= 11 is 3.33. The number of aliphatic imine (C=N–C) groups is 1. The molecular weight excluding hydrogens is 326 g/mol. The van der Waals surface area contributed by atoms with Crippen LogP contribution in [0.5, 0.6) is 5.88 Å². The zero-order valence-corrected chi connectivity index (χ0v) is 12.5. The summed E-state index contributed by atoms with van der Waals surface area (Å²) < 4.78 is 2.67. The van der Waals surface area contributed by atoms with Gasteiger partial charge in [-0.1, -0.05) is 12.1 Å². The third kappa shape index (κ3) is 2.44. The van der Waals surface area contributed by atoms with Gasteiger partial charge in [0.05, 0.1) is 5.69 Å². The summed E-state index contributed by atoms with van der Waals surface area (Å²) in [7, 11) is 2.73. The number of nitrogens with zero attached hydrogens (tertiary/aromatic N) is 3. The molecule has 0 saturated heterocycles. The molecule has 0 spiro atoms. The van der Waals surface area contributed by atoms with Crippen molar-refractivity contribution in [2.24, 2.45) is 19.1 Å². The number of hydrogen-bond acceptors (Lipinski definition) is 4. The molecule has 0 aliphatic carbocycles. The van der Waals surface area contributed by atoms with E-state index < -0.39 is 17.1 Å². The van der Waals surface area contributed by atoms with E-state index >= 15 is 0 Å². The van der Waals surface area contributed by atoms with Gasteiger partial charge < -0.3 is 5.11 Å². The van der Waals surface area contributed by atoms with Crippen molar-refractivity contribution in [3.05, 3.63) is 55.1 Å². The molecule has 0 amide bonds. The van der Waals surface area contributed by atoms with Gasteiger partial charge in [-0.25, -0.2) is 4.79 Å². The van der Waals surface area contributed by atoms with E-state index in [-0.39, 0.29) is 5.56 Å². The van der Waals surface area contributed by atoms with Gasteiger partial charge in [0, 0.05) is 24.8 Å². The van der Waals surface area contributed by atoms with Crippen molar-refractivity contribution in [1.29, 1.82) is 0 Å². The highest BCUT2D eigenvalue weighted by Gasteiger charge is 2.12. The Labute approximate surface area is 122 Å². The first-order chi connectivity index (χ1) is 9.43. The standard InChI is InChI=1S/C13H12BrN3O3/c1-16-11(18)8(12(19)17(2)13(16)20)7-15-10-6-4-3-5-9(10)14/h3-7,18H,1-2H3. The fraction of sp³-hybridized carbons (Fsp3) is 0.154. The summed E-state index contributed by atoms with van der Waals surface area (Å²) in [4.78, 5) is 27.7. The molecule has 0 fully saturated rings. The lowest BCUT2D eigenvalue weighted by Crippen LogP contribution is -2.38. The number of rotatable bonds is 2. The third-order valence-corrected chi connectivity index (χ3v) is 3.52. The SMILES string of the molecule is Cn1c(O)c(C=Nc2ccccc2Br)c(=O)n(C)c1=O. The Balaban J connectivity index is 2.59. The Hall–Kier alpha value is -2.15. The number of aromatic hydroxyl groups is 1. The molecule has 2 aromatic rings. The lowest BCUT2D eigenvalue weighted by atomic mass is 10.3. The zero-order chi connectivity index (χ0) is 14.9. The van der Waals surface area contributed by atoms with E-state index in [1.807, 2.05) is 12.1 Å². The lowest BCUT2D eigenvalue weighted by molar-refractivity contribution is 0.410. The van der Waals surface area contributed by atoms with Crippen molar-refractivity contribution in [1.82, 2.24) is 9.13 Å². The van der Waals surface area contributed by atoms with E-state index in [4.69, 9.17) is 0 Å². The molecule has 0 radical (unpaired) electrons. The Morgan fingerprint density at radius 3 is 2.50 bits per heavy atom. The molecule has 0 unspecified atom stereocenters. The fourth-order valence-corrected chi connectivity index (χ4v) is 2.05. The summed E-state index contributed by atoms with van der Waals surface area (Å²) in [5.74, 6) is -0.408. The monoisotopic (exact) mass is 337 g/mol. The Kier molecular flexibility index (Phi) is 3.89. The second kappa shape index (κ2) is 5.46. The summed E-state index contributed by atoms with van der Waals surface area (Å²) in [5, 5.41) is 9.88. The van der Waals surface area contributed by atoms with Crippen molar-refractivity contribution in [2.45, 2.75) is 0 Å². The summed E-state index contributed by atoms with van der Waals surface area (Å²) in [6.45, 7) is 0. The van der Waals surface area contributed by atoms with Crippen LogP contribution in [0.4, 0.5) is 5.69 Å². The first-order valence-electron chi connectivity index (χ1n) is 5.71. The van der Waals surface area contributed by atoms with Gasteiger partial charge in [0.15, 0.2) is 0 Å². The second-order valence-corrected chi connectivity index (χ2v) is 5.01. The number of benzene rings is 1. The van der Waals surface area contributed by atoms with Crippen LogP contribution in [0.1, 0.15) is 5.56 Å². The van der Waals surface area contributed by atoms with Crippen LogP contribution in [0.3, 0.4) is 0 Å². The molecule has 1 aromatic heterocycles. The van der Waals surface area contributed by atoms with Crippen LogP contribution >= 0.6 is 15.9 Å². The van der Waals surface area contributed by atoms with Gasteiger partial charge in [-0.15, -0.1) is 0 Å². The van der Waals surface area contributed by atoms with Gasteiger partial charge in [0.2, 0.25) is 5.88 Å². The minimum absolute atomic E-state index is 0.0367. The Morgan fingerprint density at radius 1 is 1.20 bits per heavy atom. The highest BCUT2D eigenvalue weighted by Crippen LogP contribution is 2.24. The predicted octanol–water partition coefficient (Wildman–Crippen LogP) is 1.30. The van der Waals surface area contributed by atoms with E-state index in [1.165, 1.54) is 20.3 Å². The van der Waals surface area contributed by atoms with Crippen molar-refractivity contribution in [2.75, 3.05) is 0 Å². The van der Waals surface area contributed by atoms with Crippen LogP contribution in [-0.2, 0) is 14.1 Å². The van der Waals surface area contributed by atoms with Gasteiger partial charge in [-0.2, -0.15) is 0 Å². The second-order valence-electron chi connectivity index (χ2n) is 4.15. The number of hydrogen-bond donors (Lipinski definition) is 1. The van der Waals surface area contributed by atoms with Crippen molar-refractivity contribution >= 4 is 27.8 Å². The van der Waals surface area contributed by atoms with E-state index in [9.17, 15) is 14.7 Å². The highest BCUT2D eigenvalue weighted by molar-refractivity contribution is 9.10. The summed E-state index contributed by atoms with van der Waals surface area (Å²) in [5.41, 5.74) is -0.611. The molecule has 1 N–H and O–H groups in total. The average molecular weight is 338 g/mol. The smallest absolute Gasteiger partial charge is 0.333 e. The summed E-state index contributed by atoms with van der Waals surface area (Å²) in [6, 6.07) is 7.21. The Morgan fingerprint density at radius 2 is 1.85 bits per heavy atom. The van der Waals surface area contributed by atoms with Gasteiger partial charge >= 0.3 is 5.69 Å². The van der Waals surface area contributed by atoms with Crippen molar-refractivity contribution < 1.29 is 5.11 Å².